The van der Waals surface area contributed by atoms with Gasteiger partial charge in [0, 0.05) is 5.56 Å². The fraction of sp³-hybridized carbons (Fsp3) is 0. The summed E-state index contributed by atoms with van der Waals surface area (Å²) < 4.78 is 12.9. The van der Waals surface area contributed by atoms with E-state index in [0.29, 0.717) is 16.4 Å². The number of nitrogen functional groups attached to an aromatic ring is 1. The highest BCUT2D eigenvalue weighted by atomic mass is 35.5. The summed E-state index contributed by atoms with van der Waals surface area (Å²) in [6.45, 7) is 0. The van der Waals surface area contributed by atoms with Crippen LogP contribution < -0.4 is 5.73 Å². The van der Waals surface area contributed by atoms with Crippen LogP contribution in [0.15, 0.2) is 18.2 Å². The number of hydrogen-bond donors (Lipinski definition) is 2. The number of nitrogens with zero attached hydrogens (tertiary/aromatic N) is 2. The topological polar surface area (TPSA) is 67.6 Å². The highest BCUT2D eigenvalue weighted by molar-refractivity contribution is 6.33. The molecule has 1 aromatic heterocycles. The Bertz CT molecular complexity index is 468. The van der Waals surface area contributed by atoms with Crippen LogP contribution in [0.2, 0.25) is 5.02 Å². The third-order valence-electron chi connectivity index (χ3n) is 1.69. The number of halogens is 2. The molecule has 72 valence electrons. The van der Waals surface area contributed by atoms with Gasteiger partial charge < -0.3 is 5.73 Å². The second-order valence-electron chi connectivity index (χ2n) is 2.67. The third kappa shape index (κ3) is 1.54. The first-order valence-corrected chi connectivity index (χ1v) is 4.18. The molecule has 0 fully saturated rings. The van der Waals surface area contributed by atoms with Gasteiger partial charge in [0.05, 0.1) is 5.02 Å². The van der Waals surface area contributed by atoms with Crippen molar-refractivity contribution in [2.75, 3.05) is 5.73 Å². The molecule has 2 aromatic rings. The standard InChI is InChI=1S/C8H6ClFN4/c9-6-2-1-4(10)3-5(6)7-12-8(11)14-13-7/h1-3H,(H3,11,12,13,14). The minimum Gasteiger partial charge on any atom is -0.366 e. The average molecular weight is 213 g/mol. The van der Waals surface area contributed by atoms with Gasteiger partial charge in [-0.3, -0.25) is 5.10 Å². The second kappa shape index (κ2) is 3.26. The number of H-pyrrole nitrogens is 1. The lowest BCUT2D eigenvalue weighted by Gasteiger charge is -1.98. The summed E-state index contributed by atoms with van der Waals surface area (Å²) in [7, 11) is 0. The second-order valence-corrected chi connectivity index (χ2v) is 3.07. The zero-order valence-electron chi connectivity index (χ0n) is 6.96. The zero-order valence-corrected chi connectivity index (χ0v) is 7.72. The van der Waals surface area contributed by atoms with Gasteiger partial charge in [-0.2, -0.15) is 4.98 Å². The molecule has 0 amide bonds. The van der Waals surface area contributed by atoms with Gasteiger partial charge in [0.1, 0.15) is 5.82 Å². The van der Waals surface area contributed by atoms with E-state index in [9.17, 15) is 4.39 Å². The Morgan fingerprint density at radius 2 is 2.21 bits per heavy atom. The molecule has 0 atom stereocenters. The molecule has 0 unspecified atom stereocenters. The van der Waals surface area contributed by atoms with Crippen molar-refractivity contribution < 1.29 is 4.39 Å². The van der Waals surface area contributed by atoms with Gasteiger partial charge in [-0.25, -0.2) is 4.39 Å². The maximum absolute atomic E-state index is 12.9. The Morgan fingerprint density at radius 3 is 2.86 bits per heavy atom. The average Bonchev–Trinajstić information content (AvgIpc) is 2.56. The van der Waals surface area contributed by atoms with Gasteiger partial charge in [-0.15, -0.1) is 5.10 Å². The predicted molar refractivity (Wildman–Crippen MR) is 51.2 cm³/mol. The van der Waals surface area contributed by atoms with E-state index in [-0.39, 0.29) is 11.8 Å². The molecule has 6 heteroatoms. The van der Waals surface area contributed by atoms with Gasteiger partial charge in [0.2, 0.25) is 5.95 Å². The van der Waals surface area contributed by atoms with E-state index in [2.05, 4.69) is 15.2 Å². The van der Waals surface area contributed by atoms with Crippen molar-refractivity contribution in [3.8, 4) is 11.4 Å². The van der Waals surface area contributed by atoms with Crippen LogP contribution in [0.5, 0.6) is 0 Å². The Labute approximate surface area is 83.9 Å². The van der Waals surface area contributed by atoms with Crippen molar-refractivity contribution >= 4 is 17.5 Å². The van der Waals surface area contributed by atoms with Crippen molar-refractivity contribution in [2.24, 2.45) is 0 Å². The van der Waals surface area contributed by atoms with Crippen molar-refractivity contribution in [1.82, 2.24) is 15.2 Å². The molecular formula is C8H6ClFN4. The first kappa shape index (κ1) is 8.96. The Morgan fingerprint density at radius 1 is 1.43 bits per heavy atom. The summed E-state index contributed by atoms with van der Waals surface area (Å²) in [5, 5.41) is 6.57. The van der Waals surface area contributed by atoms with E-state index in [1.54, 1.807) is 0 Å². The fourth-order valence-corrected chi connectivity index (χ4v) is 1.28. The van der Waals surface area contributed by atoms with Crippen LogP contribution in [0.3, 0.4) is 0 Å². The molecule has 0 radical (unpaired) electrons. The van der Waals surface area contributed by atoms with Crippen LogP contribution >= 0.6 is 11.6 Å². The number of aromatic amines is 1. The minimum atomic E-state index is -0.389. The molecule has 0 saturated heterocycles. The number of nitrogens with one attached hydrogen (secondary N) is 1. The van der Waals surface area contributed by atoms with Crippen LogP contribution in [0.1, 0.15) is 0 Å². The number of anilines is 1. The Kier molecular flexibility index (Phi) is 2.09. The van der Waals surface area contributed by atoms with Crippen molar-refractivity contribution in [2.45, 2.75) is 0 Å². The van der Waals surface area contributed by atoms with Gasteiger partial charge >= 0.3 is 0 Å². The quantitative estimate of drug-likeness (QED) is 0.758. The third-order valence-corrected chi connectivity index (χ3v) is 2.02. The fourth-order valence-electron chi connectivity index (χ4n) is 1.07. The van der Waals surface area contributed by atoms with E-state index in [1.807, 2.05) is 0 Å². The summed E-state index contributed by atoms with van der Waals surface area (Å²) in [4.78, 5) is 3.84. The van der Waals surface area contributed by atoms with Crippen molar-refractivity contribution in [1.29, 1.82) is 0 Å². The van der Waals surface area contributed by atoms with Crippen molar-refractivity contribution in [3.05, 3.63) is 29.0 Å². The number of nitrogens with two attached hydrogens (primary N) is 1. The highest BCUT2D eigenvalue weighted by Gasteiger charge is 2.08. The van der Waals surface area contributed by atoms with Gasteiger partial charge in [-0.1, -0.05) is 11.6 Å². The zero-order chi connectivity index (χ0) is 10.1. The predicted octanol–water partition coefficient (Wildman–Crippen LogP) is 1.85. The van der Waals surface area contributed by atoms with Crippen LogP contribution in [0.25, 0.3) is 11.4 Å². The monoisotopic (exact) mass is 212 g/mol. The first-order chi connectivity index (χ1) is 6.66. The summed E-state index contributed by atoms with van der Waals surface area (Å²) in [6, 6.07) is 3.98. The van der Waals surface area contributed by atoms with Gasteiger partial charge in [0.25, 0.3) is 0 Å². The normalized spacial score (nSPS) is 10.4. The van der Waals surface area contributed by atoms with Gasteiger partial charge in [0.15, 0.2) is 5.82 Å². The highest BCUT2D eigenvalue weighted by Crippen LogP contribution is 2.25. The number of hydrogen-bond acceptors (Lipinski definition) is 3. The van der Waals surface area contributed by atoms with Gasteiger partial charge in [-0.05, 0) is 18.2 Å². The molecule has 1 aromatic carbocycles. The Balaban J connectivity index is 2.55. The summed E-state index contributed by atoms with van der Waals surface area (Å²) in [6.07, 6.45) is 0. The van der Waals surface area contributed by atoms with E-state index in [4.69, 9.17) is 17.3 Å². The lowest BCUT2D eigenvalue weighted by Crippen LogP contribution is -1.86. The van der Waals surface area contributed by atoms with E-state index < -0.39 is 0 Å². The maximum atomic E-state index is 12.9. The SMILES string of the molecule is Nc1n[nH]c(-c2cc(F)ccc2Cl)n1. The lowest BCUT2D eigenvalue weighted by atomic mass is 10.2. The molecule has 0 spiro atoms. The molecule has 0 aliphatic rings. The molecule has 3 N–H and O–H groups in total. The molecule has 2 rings (SSSR count). The van der Waals surface area contributed by atoms with Crippen LogP contribution in [-0.4, -0.2) is 15.2 Å². The number of rotatable bonds is 1. The molecule has 1 heterocycles. The first-order valence-electron chi connectivity index (χ1n) is 3.80. The molecule has 0 aliphatic carbocycles. The summed E-state index contributed by atoms with van der Waals surface area (Å²) in [5.41, 5.74) is 5.75. The van der Waals surface area contributed by atoms with Crippen LogP contribution in [-0.2, 0) is 0 Å². The maximum Gasteiger partial charge on any atom is 0.239 e. The smallest absolute Gasteiger partial charge is 0.239 e. The van der Waals surface area contributed by atoms with E-state index in [1.165, 1.54) is 18.2 Å². The molecule has 14 heavy (non-hydrogen) atoms. The lowest BCUT2D eigenvalue weighted by molar-refractivity contribution is 0.628. The molecule has 0 bridgehead atoms. The van der Waals surface area contributed by atoms with E-state index >= 15 is 0 Å². The largest absolute Gasteiger partial charge is 0.366 e. The van der Waals surface area contributed by atoms with Crippen LogP contribution in [0, 0.1) is 5.82 Å². The molecule has 0 saturated carbocycles. The molecule has 4 nitrogen and oxygen atoms in total. The molecule has 0 aliphatic heterocycles. The number of aromatic nitrogens is 3. The summed E-state index contributed by atoms with van der Waals surface area (Å²) in [5.74, 6) is 0.0618. The minimum absolute atomic E-state index is 0.0975. The summed E-state index contributed by atoms with van der Waals surface area (Å²) >= 11 is 5.84. The number of benzene rings is 1. The van der Waals surface area contributed by atoms with Crippen LogP contribution in [0.4, 0.5) is 10.3 Å². The van der Waals surface area contributed by atoms with E-state index in [0.717, 1.165) is 0 Å². The molecular weight excluding hydrogens is 207 g/mol. The van der Waals surface area contributed by atoms with Crippen molar-refractivity contribution in [3.63, 3.8) is 0 Å². The Hall–Kier alpha value is -1.62.